The Bertz CT molecular complexity index is 544. The van der Waals surface area contributed by atoms with Crippen LogP contribution in [-0.4, -0.2) is 28.1 Å². The average molecular weight is 354 g/mol. The molecule has 0 aromatic heterocycles. The van der Waals surface area contributed by atoms with Gasteiger partial charge >= 0.3 is 18.9 Å². The summed E-state index contributed by atoms with van der Waals surface area (Å²) in [7, 11) is -0.252. The Morgan fingerprint density at radius 1 is 1.16 bits per heavy atom. The molecule has 0 fully saturated rings. The van der Waals surface area contributed by atoms with Crippen LogP contribution >= 0.6 is 0 Å². The van der Waals surface area contributed by atoms with Gasteiger partial charge in [0.15, 0.2) is 8.32 Å². The second-order valence-electron chi connectivity index (χ2n) is 7.71. The van der Waals surface area contributed by atoms with Gasteiger partial charge in [-0.2, -0.15) is 0 Å². The molecule has 0 radical (unpaired) electrons. The Morgan fingerprint density at radius 2 is 1.72 bits per heavy atom. The van der Waals surface area contributed by atoms with Crippen molar-refractivity contribution in [3.05, 3.63) is 36.3 Å². The van der Waals surface area contributed by atoms with Crippen molar-refractivity contribution in [2.75, 3.05) is 13.7 Å². The SMILES string of the molecule is [C-]#C[C@H](C)[C@H](COCc1ccc(OC)cc1)O[Si](C)(C)C(C)(C)C.[Li+]. The van der Waals surface area contributed by atoms with E-state index in [9.17, 15) is 0 Å². The molecular weight excluding hydrogens is 323 g/mol. The van der Waals surface area contributed by atoms with Gasteiger partial charge in [0, 0.05) is 5.92 Å². The summed E-state index contributed by atoms with van der Waals surface area (Å²) in [6, 6.07) is 7.84. The number of benzene rings is 1. The quantitative estimate of drug-likeness (QED) is 0.405. The van der Waals surface area contributed by atoms with Crippen molar-refractivity contribution in [1.29, 1.82) is 0 Å². The number of hydrogen-bond donors (Lipinski definition) is 0. The molecule has 0 spiro atoms. The van der Waals surface area contributed by atoms with Crippen LogP contribution in [0.4, 0.5) is 0 Å². The van der Waals surface area contributed by atoms with E-state index in [1.807, 2.05) is 31.2 Å². The smallest absolute Gasteiger partial charge is 0.693 e. The van der Waals surface area contributed by atoms with E-state index in [0.717, 1.165) is 11.3 Å². The second-order valence-corrected chi connectivity index (χ2v) is 12.5. The molecule has 0 unspecified atom stereocenters. The Morgan fingerprint density at radius 3 is 2.16 bits per heavy atom. The van der Waals surface area contributed by atoms with Crippen molar-refractivity contribution in [3.8, 4) is 11.7 Å². The summed E-state index contributed by atoms with van der Waals surface area (Å²) < 4.78 is 17.5. The van der Waals surface area contributed by atoms with E-state index < -0.39 is 8.32 Å². The largest absolute Gasteiger partial charge is 1.00 e. The maximum atomic E-state index is 7.46. The molecular formula is C20H31LiO3Si. The molecule has 1 aromatic rings. The summed E-state index contributed by atoms with van der Waals surface area (Å²) in [6.07, 6.45) is 7.33. The molecule has 0 saturated carbocycles. The van der Waals surface area contributed by atoms with Crippen LogP contribution in [0.3, 0.4) is 0 Å². The van der Waals surface area contributed by atoms with Crippen molar-refractivity contribution in [3.63, 3.8) is 0 Å². The molecule has 0 aliphatic rings. The zero-order chi connectivity index (χ0) is 18.4. The van der Waals surface area contributed by atoms with E-state index in [1.165, 1.54) is 0 Å². The van der Waals surface area contributed by atoms with Crippen LogP contribution in [0.2, 0.25) is 18.1 Å². The Hall–Kier alpha value is -0.686. The number of ether oxygens (including phenoxy) is 2. The predicted molar refractivity (Wildman–Crippen MR) is 101 cm³/mol. The van der Waals surface area contributed by atoms with Crippen LogP contribution in [0, 0.1) is 18.3 Å². The fourth-order valence-electron chi connectivity index (χ4n) is 1.94. The van der Waals surface area contributed by atoms with Crippen LogP contribution in [0.1, 0.15) is 33.3 Å². The molecule has 0 saturated heterocycles. The van der Waals surface area contributed by atoms with Crippen LogP contribution in [0.5, 0.6) is 5.75 Å². The molecule has 5 heteroatoms. The Balaban J connectivity index is 0.00000576. The summed E-state index contributed by atoms with van der Waals surface area (Å²) in [5, 5.41) is 0.128. The molecule has 0 bridgehead atoms. The summed E-state index contributed by atoms with van der Waals surface area (Å²) in [4.78, 5) is 0. The maximum absolute atomic E-state index is 7.46. The van der Waals surface area contributed by atoms with Crippen molar-refractivity contribution in [2.24, 2.45) is 5.92 Å². The maximum Gasteiger partial charge on any atom is 1.00 e. The minimum atomic E-state index is -1.91. The number of rotatable bonds is 8. The van der Waals surface area contributed by atoms with Gasteiger partial charge in [-0.3, -0.25) is 0 Å². The van der Waals surface area contributed by atoms with Crippen molar-refractivity contribution in [1.82, 2.24) is 0 Å². The fraction of sp³-hybridized carbons (Fsp3) is 0.600. The zero-order valence-electron chi connectivity index (χ0n) is 17.1. The van der Waals surface area contributed by atoms with Crippen LogP contribution < -0.4 is 23.6 Å². The van der Waals surface area contributed by atoms with E-state index in [1.54, 1.807) is 7.11 Å². The Labute approximate surface area is 167 Å². The topological polar surface area (TPSA) is 27.7 Å². The van der Waals surface area contributed by atoms with E-state index in [2.05, 4.69) is 39.8 Å². The molecule has 0 aliphatic heterocycles. The van der Waals surface area contributed by atoms with Crippen LogP contribution in [0.25, 0.3) is 0 Å². The molecule has 134 valence electrons. The molecule has 3 nitrogen and oxygen atoms in total. The van der Waals surface area contributed by atoms with Gasteiger partial charge in [-0.05, 0) is 35.8 Å². The van der Waals surface area contributed by atoms with Gasteiger partial charge in [0.1, 0.15) is 5.75 Å². The van der Waals surface area contributed by atoms with Gasteiger partial charge in [0.05, 0.1) is 26.4 Å². The first-order valence-corrected chi connectivity index (χ1v) is 11.3. The Kier molecular flexibility index (Phi) is 10.2. The summed E-state index contributed by atoms with van der Waals surface area (Å²) in [5.74, 6) is 3.30. The van der Waals surface area contributed by atoms with E-state index in [4.69, 9.17) is 20.3 Å². The van der Waals surface area contributed by atoms with Gasteiger partial charge in [-0.1, -0.05) is 39.8 Å². The number of methoxy groups -OCH3 is 1. The van der Waals surface area contributed by atoms with Gasteiger partial charge in [0.25, 0.3) is 0 Å². The fourth-order valence-corrected chi connectivity index (χ4v) is 3.33. The van der Waals surface area contributed by atoms with Crippen molar-refractivity contribution in [2.45, 2.75) is 58.5 Å². The molecule has 1 aromatic carbocycles. The molecule has 0 heterocycles. The molecule has 25 heavy (non-hydrogen) atoms. The zero-order valence-corrected chi connectivity index (χ0v) is 18.1. The molecule has 1 rings (SSSR count). The third-order valence-corrected chi connectivity index (χ3v) is 9.25. The average Bonchev–Trinajstić information content (AvgIpc) is 2.52. The van der Waals surface area contributed by atoms with Gasteiger partial charge in [-0.25, -0.2) is 0 Å². The second kappa shape index (κ2) is 10.5. The molecule has 0 aliphatic carbocycles. The normalized spacial score (nSPS) is 14.2. The third kappa shape index (κ3) is 7.61. The minimum Gasteiger partial charge on any atom is -0.693 e. The minimum absolute atomic E-state index is 0. The predicted octanol–water partition coefficient (Wildman–Crippen LogP) is 1.83. The standard InChI is InChI=1S/C20H31O3Si.Li/c1-9-16(2)19(23-24(7,8)20(3,4)5)15-22-14-17-10-12-18(21-6)13-11-17;/h10-13,16,19H,14-15H2,2-8H3;/q-1;+1/t16-,19-;/m0./s1. The summed E-state index contributed by atoms with van der Waals surface area (Å²) in [6.45, 7) is 14.0. The van der Waals surface area contributed by atoms with E-state index in [0.29, 0.717) is 13.2 Å². The van der Waals surface area contributed by atoms with Crippen LogP contribution in [0.15, 0.2) is 24.3 Å². The summed E-state index contributed by atoms with van der Waals surface area (Å²) in [5.41, 5.74) is 1.09. The third-order valence-electron chi connectivity index (χ3n) is 4.75. The van der Waals surface area contributed by atoms with Crippen molar-refractivity contribution < 1.29 is 32.8 Å². The van der Waals surface area contributed by atoms with E-state index >= 15 is 0 Å². The van der Waals surface area contributed by atoms with Crippen LogP contribution in [-0.2, 0) is 15.8 Å². The first-order valence-electron chi connectivity index (χ1n) is 8.41. The van der Waals surface area contributed by atoms with Gasteiger partial charge in [-0.15, -0.1) is 0 Å². The first-order chi connectivity index (χ1) is 11.1. The van der Waals surface area contributed by atoms with Gasteiger partial charge in [0.2, 0.25) is 0 Å². The van der Waals surface area contributed by atoms with Gasteiger partial charge < -0.3 is 26.2 Å². The number of hydrogen-bond acceptors (Lipinski definition) is 3. The molecule has 0 N–H and O–H groups in total. The first kappa shape index (κ1) is 24.3. The monoisotopic (exact) mass is 354 g/mol. The summed E-state index contributed by atoms with van der Waals surface area (Å²) >= 11 is 0. The molecule has 2 atom stereocenters. The van der Waals surface area contributed by atoms with Crippen molar-refractivity contribution >= 4 is 8.32 Å². The molecule has 0 amide bonds. The van der Waals surface area contributed by atoms with E-state index in [-0.39, 0.29) is 35.9 Å².